The van der Waals surface area contributed by atoms with Gasteiger partial charge in [-0.2, -0.15) is 4.98 Å². The van der Waals surface area contributed by atoms with Gasteiger partial charge in [-0.15, -0.1) is 0 Å². The van der Waals surface area contributed by atoms with Crippen molar-refractivity contribution < 1.29 is 13.5 Å². The number of H-pyrrole nitrogens is 1. The van der Waals surface area contributed by atoms with Crippen LogP contribution in [0.25, 0.3) is 11.0 Å². The van der Waals surface area contributed by atoms with Crippen LogP contribution in [0.15, 0.2) is 41.3 Å². The summed E-state index contributed by atoms with van der Waals surface area (Å²) in [4.78, 5) is 22.2. The lowest BCUT2D eigenvalue weighted by molar-refractivity contribution is 0.275. The minimum atomic E-state index is -0.726. The predicted octanol–water partition coefficient (Wildman–Crippen LogP) is 2.18. The molecule has 21 heavy (non-hydrogen) atoms. The van der Waals surface area contributed by atoms with Gasteiger partial charge in [-0.05, 0) is 24.3 Å². The van der Waals surface area contributed by atoms with Crippen molar-refractivity contribution in [3.8, 4) is 6.01 Å². The number of hydrogen-bond donors (Lipinski definition) is 1. The lowest BCUT2D eigenvalue weighted by Crippen LogP contribution is -2.12. The van der Waals surface area contributed by atoms with Gasteiger partial charge < -0.3 is 4.74 Å². The summed E-state index contributed by atoms with van der Waals surface area (Å²) in [5, 5.41) is 0.331. The summed E-state index contributed by atoms with van der Waals surface area (Å²) in [5.41, 5.74) is -0.0151. The Hall–Kier alpha value is -2.83. The highest BCUT2D eigenvalue weighted by Crippen LogP contribution is 2.13. The standard InChI is InChI=1S/C14H9F2N3O2/c15-9-4-3-8(11(16)6-9)7-21-14-18-12-10(13(20)19-14)2-1-5-17-12/h1-6H,7H2,(H,17,18,19,20). The molecule has 0 fully saturated rings. The SMILES string of the molecule is O=c1[nH]c(OCc2ccc(F)cc2F)nc2ncccc12. The third kappa shape index (κ3) is 2.71. The second-order valence-corrected chi connectivity index (χ2v) is 4.27. The lowest BCUT2D eigenvalue weighted by atomic mass is 10.2. The molecule has 0 unspecified atom stereocenters. The van der Waals surface area contributed by atoms with Gasteiger partial charge in [-0.3, -0.25) is 9.78 Å². The van der Waals surface area contributed by atoms with Crippen LogP contribution in [-0.4, -0.2) is 15.0 Å². The highest BCUT2D eigenvalue weighted by atomic mass is 19.1. The van der Waals surface area contributed by atoms with Crippen molar-refractivity contribution in [3.63, 3.8) is 0 Å². The van der Waals surface area contributed by atoms with Crippen LogP contribution in [0.2, 0.25) is 0 Å². The molecule has 0 amide bonds. The third-order valence-corrected chi connectivity index (χ3v) is 2.84. The highest BCUT2D eigenvalue weighted by molar-refractivity contribution is 5.72. The maximum atomic E-state index is 13.5. The fourth-order valence-corrected chi connectivity index (χ4v) is 1.81. The van der Waals surface area contributed by atoms with E-state index in [2.05, 4.69) is 15.0 Å². The summed E-state index contributed by atoms with van der Waals surface area (Å²) < 4.78 is 31.5. The Balaban J connectivity index is 1.87. The van der Waals surface area contributed by atoms with Crippen LogP contribution in [0.1, 0.15) is 5.56 Å². The number of aromatic nitrogens is 3. The van der Waals surface area contributed by atoms with Gasteiger partial charge >= 0.3 is 0 Å². The predicted molar refractivity (Wildman–Crippen MR) is 70.8 cm³/mol. The summed E-state index contributed by atoms with van der Waals surface area (Å²) in [5.74, 6) is -1.39. The summed E-state index contributed by atoms with van der Waals surface area (Å²) in [6.45, 7) is -0.187. The Labute approximate surface area is 117 Å². The van der Waals surface area contributed by atoms with Gasteiger partial charge in [-0.25, -0.2) is 13.8 Å². The number of nitrogens with one attached hydrogen (secondary N) is 1. The van der Waals surface area contributed by atoms with E-state index in [1.165, 1.54) is 12.3 Å². The molecule has 5 nitrogen and oxygen atoms in total. The van der Waals surface area contributed by atoms with Crippen molar-refractivity contribution in [2.75, 3.05) is 0 Å². The molecule has 2 heterocycles. The Bertz CT molecular complexity index is 864. The van der Waals surface area contributed by atoms with E-state index in [1.807, 2.05) is 0 Å². The highest BCUT2D eigenvalue weighted by Gasteiger charge is 2.08. The molecule has 3 rings (SSSR count). The number of aromatic amines is 1. The molecule has 2 aromatic heterocycles. The lowest BCUT2D eigenvalue weighted by Gasteiger charge is -2.06. The average molecular weight is 289 g/mol. The molecule has 0 bridgehead atoms. The molecule has 1 N–H and O–H groups in total. The van der Waals surface area contributed by atoms with Crippen LogP contribution in [0.4, 0.5) is 8.78 Å². The topological polar surface area (TPSA) is 67.9 Å². The Kier molecular flexibility index (Phi) is 3.31. The van der Waals surface area contributed by atoms with Gasteiger partial charge in [-0.1, -0.05) is 0 Å². The molecular formula is C14H9F2N3O2. The third-order valence-electron chi connectivity index (χ3n) is 2.84. The molecule has 0 saturated carbocycles. The molecular weight excluding hydrogens is 280 g/mol. The molecule has 7 heteroatoms. The first-order chi connectivity index (χ1) is 10.1. The molecule has 3 aromatic rings. The normalized spacial score (nSPS) is 10.8. The zero-order valence-electron chi connectivity index (χ0n) is 10.6. The van der Waals surface area contributed by atoms with Crippen molar-refractivity contribution in [1.29, 1.82) is 0 Å². The van der Waals surface area contributed by atoms with E-state index >= 15 is 0 Å². The number of halogens is 2. The van der Waals surface area contributed by atoms with Crippen LogP contribution in [0.3, 0.4) is 0 Å². The molecule has 0 aliphatic heterocycles. The summed E-state index contributed by atoms with van der Waals surface area (Å²) >= 11 is 0. The molecule has 0 saturated heterocycles. The molecule has 0 atom stereocenters. The second-order valence-electron chi connectivity index (χ2n) is 4.27. The molecule has 106 valence electrons. The van der Waals surface area contributed by atoms with Crippen molar-refractivity contribution >= 4 is 11.0 Å². The van der Waals surface area contributed by atoms with Crippen LogP contribution >= 0.6 is 0 Å². The number of pyridine rings is 1. The van der Waals surface area contributed by atoms with E-state index in [1.54, 1.807) is 12.1 Å². The van der Waals surface area contributed by atoms with E-state index in [9.17, 15) is 13.6 Å². The van der Waals surface area contributed by atoms with Crippen molar-refractivity contribution in [2.45, 2.75) is 6.61 Å². The van der Waals surface area contributed by atoms with Gasteiger partial charge in [0.2, 0.25) is 0 Å². The maximum absolute atomic E-state index is 13.5. The quantitative estimate of drug-likeness (QED) is 0.802. The van der Waals surface area contributed by atoms with Gasteiger partial charge in [0.25, 0.3) is 11.6 Å². The molecule has 0 radical (unpaired) electrons. The number of benzene rings is 1. The van der Waals surface area contributed by atoms with Crippen molar-refractivity contribution in [1.82, 2.24) is 15.0 Å². The first-order valence-corrected chi connectivity index (χ1v) is 6.05. The molecule has 0 aliphatic carbocycles. The van der Waals surface area contributed by atoms with E-state index in [-0.39, 0.29) is 23.8 Å². The van der Waals surface area contributed by atoms with Gasteiger partial charge in [0.1, 0.15) is 18.2 Å². The van der Waals surface area contributed by atoms with Crippen LogP contribution in [-0.2, 0) is 6.61 Å². The van der Waals surface area contributed by atoms with Crippen LogP contribution in [0.5, 0.6) is 6.01 Å². The monoisotopic (exact) mass is 289 g/mol. The van der Waals surface area contributed by atoms with Crippen LogP contribution in [0, 0.1) is 11.6 Å². The fraction of sp³-hybridized carbons (Fsp3) is 0.0714. The van der Waals surface area contributed by atoms with E-state index < -0.39 is 17.2 Å². The van der Waals surface area contributed by atoms with Crippen molar-refractivity contribution in [3.05, 3.63) is 64.1 Å². The summed E-state index contributed by atoms with van der Waals surface area (Å²) in [6.07, 6.45) is 1.50. The summed E-state index contributed by atoms with van der Waals surface area (Å²) in [6, 6.07) is 6.28. The fourth-order valence-electron chi connectivity index (χ4n) is 1.81. The number of ether oxygens (including phenoxy) is 1. The zero-order valence-corrected chi connectivity index (χ0v) is 10.6. The number of nitrogens with zero attached hydrogens (tertiary/aromatic N) is 2. The Morgan fingerprint density at radius 1 is 1.24 bits per heavy atom. The van der Waals surface area contributed by atoms with E-state index in [4.69, 9.17) is 4.74 Å². The number of fused-ring (bicyclic) bond motifs is 1. The smallest absolute Gasteiger partial charge is 0.298 e. The van der Waals surface area contributed by atoms with Gasteiger partial charge in [0.15, 0.2) is 5.65 Å². The largest absolute Gasteiger partial charge is 0.460 e. The van der Waals surface area contributed by atoms with E-state index in [0.717, 1.165) is 12.1 Å². The Morgan fingerprint density at radius 3 is 2.90 bits per heavy atom. The number of hydrogen-bond acceptors (Lipinski definition) is 4. The first-order valence-electron chi connectivity index (χ1n) is 6.05. The maximum Gasteiger partial charge on any atom is 0.298 e. The minimum absolute atomic E-state index is 0.0741. The van der Waals surface area contributed by atoms with Crippen LogP contribution < -0.4 is 10.3 Å². The van der Waals surface area contributed by atoms with Crippen molar-refractivity contribution in [2.24, 2.45) is 0 Å². The minimum Gasteiger partial charge on any atom is -0.460 e. The number of rotatable bonds is 3. The molecule has 0 aliphatic rings. The molecule has 0 spiro atoms. The molecule has 1 aromatic carbocycles. The van der Waals surface area contributed by atoms with E-state index in [0.29, 0.717) is 5.39 Å². The zero-order chi connectivity index (χ0) is 14.8. The average Bonchev–Trinajstić information content (AvgIpc) is 2.46. The first kappa shape index (κ1) is 13.2. The second kappa shape index (κ2) is 5.28. The van der Waals surface area contributed by atoms with Gasteiger partial charge in [0.05, 0.1) is 5.39 Å². The summed E-state index contributed by atoms with van der Waals surface area (Å²) in [7, 11) is 0. The van der Waals surface area contributed by atoms with Gasteiger partial charge in [0, 0.05) is 17.8 Å². The Morgan fingerprint density at radius 2 is 2.10 bits per heavy atom.